The van der Waals surface area contributed by atoms with E-state index in [0.717, 1.165) is 54.8 Å². The van der Waals surface area contributed by atoms with Crippen LogP contribution in [0.25, 0.3) is 16.9 Å². The molecule has 0 radical (unpaired) electrons. The highest BCUT2D eigenvalue weighted by molar-refractivity contribution is 5.89. The molecule has 1 aliphatic rings. The zero-order valence-electron chi connectivity index (χ0n) is 19.1. The number of imidazole rings is 1. The molecule has 0 N–H and O–H groups in total. The maximum atomic E-state index is 13.5. The largest absolute Gasteiger partial charge is 0.493 e. The van der Waals surface area contributed by atoms with Crippen LogP contribution < -0.4 is 20.1 Å². The maximum absolute atomic E-state index is 13.5. The molecule has 0 saturated carbocycles. The number of rotatable bonds is 8. The molecular formula is C24H32N4O3. The second-order valence-electron chi connectivity index (χ2n) is 8.19. The van der Waals surface area contributed by atoms with Crippen molar-refractivity contribution in [1.82, 2.24) is 14.1 Å². The number of pyridine rings is 1. The quantitative estimate of drug-likeness (QED) is 0.539. The van der Waals surface area contributed by atoms with Gasteiger partial charge in [-0.1, -0.05) is 26.7 Å². The van der Waals surface area contributed by atoms with Crippen LogP contribution in [0.15, 0.2) is 29.1 Å². The molecule has 0 spiro atoms. The Balaban J connectivity index is 1.94. The molecule has 3 heterocycles. The number of anilines is 1. The van der Waals surface area contributed by atoms with Crippen molar-refractivity contribution in [2.45, 2.75) is 59.0 Å². The van der Waals surface area contributed by atoms with Crippen molar-refractivity contribution in [2.75, 3.05) is 25.7 Å². The van der Waals surface area contributed by atoms with Gasteiger partial charge in [-0.3, -0.25) is 4.57 Å². The highest BCUT2D eigenvalue weighted by atomic mass is 16.5. The number of aromatic nitrogens is 3. The second-order valence-corrected chi connectivity index (χ2v) is 8.19. The molecule has 166 valence electrons. The summed E-state index contributed by atoms with van der Waals surface area (Å²) in [5.41, 5.74) is 4.31. The summed E-state index contributed by atoms with van der Waals surface area (Å²) in [6.45, 7) is 7.98. The van der Waals surface area contributed by atoms with Gasteiger partial charge in [-0.2, -0.15) is 0 Å². The smallest absolute Gasteiger partial charge is 0.335 e. The molecule has 7 heteroatoms. The number of aryl methyl sites for hydroxylation is 1. The van der Waals surface area contributed by atoms with Crippen molar-refractivity contribution >= 4 is 16.9 Å². The molecule has 0 fully saturated rings. The molecule has 4 rings (SSSR count). The van der Waals surface area contributed by atoms with E-state index in [-0.39, 0.29) is 5.69 Å². The molecule has 1 aliphatic heterocycles. The molecule has 0 bridgehead atoms. The molecule has 0 atom stereocenters. The summed E-state index contributed by atoms with van der Waals surface area (Å²) in [6.07, 6.45) is 4.59. The first kappa shape index (κ1) is 21.3. The minimum Gasteiger partial charge on any atom is -0.493 e. The zero-order valence-corrected chi connectivity index (χ0v) is 19.1. The Bertz CT molecular complexity index is 1140. The van der Waals surface area contributed by atoms with Gasteiger partial charge in [0, 0.05) is 30.9 Å². The third-order valence-corrected chi connectivity index (χ3v) is 6.17. The van der Waals surface area contributed by atoms with Gasteiger partial charge in [0.15, 0.2) is 17.1 Å². The van der Waals surface area contributed by atoms with E-state index in [2.05, 4.69) is 24.8 Å². The van der Waals surface area contributed by atoms with Crippen LogP contribution in [0.1, 0.15) is 45.2 Å². The summed E-state index contributed by atoms with van der Waals surface area (Å²) in [5.74, 6) is 1.22. The van der Waals surface area contributed by atoms with E-state index in [1.54, 1.807) is 18.8 Å². The second kappa shape index (κ2) is 8.65. The fraction of sp³-hybridized carbons (Fsp3) is 0.500. The van der Waals surface area contributed by atoms with Gasteiger partial charge in [-0.25, -0.2) is 14.3 Å². The van der Waals surface area contributed by atoms with Crippen molar-refractivity contribution in [3.63, 3.8) is 0 Å². The average Bonchev–Trinajstić information content (AvgIpc) is 3.05. The van der Waals surface area contributed by atoms with Gasteiger partial charge in [0.1, 0.15) is 5.52 Å². The van der Waals surface area contributed by atoms with E-state index in [9.17, 15) is 4.79 Å². The van der Waals surface area contributed by atoms with Crippen LogP contribution in [0.4, 0.5) is 5.69 Å². The van der Waals surface area contributed by atoms with Crippen LogP contribution in [0.3, 0.4) is 0 Å². The lowest BCUT2D eigenvalue weighted by molar-refractivity contribution is 0.355. The Morgan fingerprint density at radius 1 is 1.03 bits per heavy atom. The van der Waals surface area contributed by atoms with Gasteiger partial charge < -0.3 is 14.4 Å². The van der Waals surface area contributed by atoms with Crippen LogP contribution >= 0.6 is 0 Å². The van der Waals surface area contributed by atoms with Gasteiger partial charge in [0.05, 0.1) is 25.6 Å². The van der Waals surface area contributed by atoms with E-state index < -0.39 is 0 Å². The molecule has 31 heavy (non-hydrogen) atoms. The lowest BCUT2D eigenvalue weighted by Gasteiger charge is -2.37. The fourth-order valence-corrected chi connectivity index (χ4v) is 4.81. The third kappa shape index (κ3) is 3.56. The number of ether oxygens (including phenoxy) is 2. The molecule has 0 aliphatic carbocycles. The van der Waals surface area contributed by atoms with Crippen molar-refractivity contribution in [2.24, 2.45) is 0 Å². The van der Waals surface area contributed by atoms with Crippen molar-refractivity contribution in [3.8, 4) is 17.2 Å². The predicted molar refractivity (Wildman–Crippen MR) is 124 cm³/mol. The first-order valence-corrected chi connectivity index (χ1v) is 11.2. The minimum absolute atomic E-state index is 0.0660. The van der Waals surface area contributed by atoms with Crippen LogP contribution in [-0.2, 0) is 6.54 Å². The topological polar surface area (TPSA) is 61.5 Å². The Labute approximate surface area is 183 Å². The number of benzene rings is 1. The fourth-order valence-electron chi connectivity index (χ4n) is 4.81. The molecule has 0 amide bonds. The molecule has 2 aromatic heterocycles. The maximum Gasteiger partial charge on any atom is 0.335 e. The van der Waals surface area contributed by atoms with Crippen molar-refractivity contribution in [1.29, 1.82) is 0 Å². The standard InChI is InChI=1S/C24H32N4O3/c1-6-8-17(9-7-2)26-12-13-27-22-19(26)14-16(3)25-23(22)28(24(27)29)18-10-11-20(30-4)21(15-18)31-5/h10-11,14-15,17H,6-9,12-13H2,1-5H3. The highest BCUT2D eigenvalue weighted by Crippen LogP contribution is 2.35. The van der Waals surface area contributed by atoms with Gasteiger partial charge in [-0.15, -0.1) is 0 Å². The normalized spacial score (nSPS) is 13.3. The number of hydrogen-bond acceptors (Lipinski definition) is 5. The van der Waals surface area contributed by atoms with Crippen LogP contribution in [0.5, 0.6) is 11.5 Å². The van der Waals surface area contributed by atoms with Crippen LogP contribution in [0.2, 0.25) is 0 Å². The summed E-state index contributed by atoms with van der Waals surface area (Å²) < 4.78 is 14.4. The average molecular weight is 425 g/mol. The molecule has 7 nitrogen and oxygen atoms in total. The van der Waals surface area contributed by atoms with Crippen LogP contribution in [-0.4, -0.2) is 40.9 Å². The molecular weight excluding hydrogens is 392 g/mol. The predicted octanol–water partition coefficient (Wildman–Crippen LogP) is 4.30. The summed E-state index contributed by atoms with van der Waals surface area (Å²) in [6, 6.07) is 8.15. The number of hydrogen-bond donors (Lipinski definition) is 0. The van der Waals surface area contributed by atoms with Gasteiger partial charge in [-0.05, 0) is 38.0 Å². The number of methoxy groups -OCH3 is 2. The summed E-state index contributed by atoms with van der Waals surface area (Å²) in [5, 5.41) is 0. The van der Waals surface area contributed by atoms with E-state index in [4.69, 9.17) is 14.5 Å². The Hall–Kier alpha value is -2.96. The van der Waals surface area contributed by atoms with E-state index >= 15 is 0 Å². The summed E-state index contributed by atoms with van der Waals surface area (Å²) in [7, 11) is 3.20. The first-order chi connectivity index (χ1) is 15.0. The molecule has 3 aromatic rings. The monoisotopic (exact) mass is 424 g/mol. The SMILES string of the molecule is CCCC(CCC)N1CCn2c(=O)n(-c3ccc(OC)c(OC)c3)c3nc(C)cc1c32. The van der Waals surface area contributed by atoms with Gasteiger partial charge in [0.2, 0.25) is 0 Å². The zero-order chi connectivity index (χ0) is 22.1. The molecule has 1 aromatic carbocycles. The molecule has 0 unspecified atom stereocenters. The van der Waals surface area contributed by atoms with Crippen molar-refractivity contribution in [3.05, 3.63) is 40.4 Å². The van der Waals surface area contributed by atoms with Crippen molar-refractivity contribution < 1.29 is 9.47 Å². The summed E-state index contributed by atoms with van der Waals surface area (Å²) >= 11 is 0. The Morgan fingerprint density at radius 2 is 1.74 bits per heavy atom. The van der Waals surface area contributed by atoms with E-state index in [1.807, 2.05) is 29.7 Å². The Kier molecular flexibility index (Phi) is 5.94. The van der Waals surface area contributed by atoms with E-state index in [1.165, 1.54) is 0 Å². The van der Waals surface area contributed by atoms with Gasteiger partial charge >= 0.3 is 5.69 Å². The lowest BCUT2D eigenvalue weighted by atomic mass is 10.0. The lowest BCUT2D eigenvalue weighted by Crippen LogP contribution is -2.42. The highest BCUT2D eigenvalue weighted by Gasteiger charge is 2.29. The third-order valence-electron chi connectivity index (χ3n) is 6.17. The van der Waals surface area contributed by atoms with Crippen LogP contribution in [0, 0.1) is 6.92 Å². The van der Waals surface area contributed by atoms with Gasteiger partial charge in [0.25, 0.3) is 0 Å². The number of nitrogens with zero attached hydrogens (tertiary/aromatic N) is 4. The minimum atomic E-state index is -0.0660. The molecule has 0 saturated heterocycles. The first-order valence-electron chi connectivity index (χ1n) is 11.2. The van der Waals surface area contributed by atoms with E-state index in [0.29, 0.717) is 29.7 Å². The Morgan fingerprint density at radius 3 is 2.39 bits per heavy atom. The summed E-state index contributed by atoms with van der Waals surface area (Å²) in [4.78, 5) is 20.8.